The Morgan fingerprint density at radius 2 is 1.80 bits per heavy atom. The van der Waals surface area contributed by atoms with Crippen LogP contribution in [0.15, 0.2) is 65.6 Å². The molecule has 0 atom stereocenters. The molecule has 0 aliphatic carbocycles. The predicted octanol–water partition coefficient (Wildman–Crippen LogP) is 2.59. The maximum absolute atomic E-state index is 13.9. The fraction of sp³-hybridized carbons (Fsp3) is 0.182. The van der Waals surface area contributed by atoms with Gasteiger partial charge in [-0.1, -0.05) is 48.5 Å². The smallest absolute Gasteiger partial charge is 0.330 e. The number of carbonyl (C=O) groups is 1. The second-order valence-corrected chi connectivity index (χ2v) is 7.04. The molecule has 0 aliphatic rings. The number of halogens is 1. The number of benzene rings is 2. The van der Waals surface area contributed by atoms with E-state index in [1.165, 1.54) is 20.1 Å². The lowest BCUT2D eigenvalue weighted by molar-refractivity contribution is -0.131. The molecule has 0 bridgehead atoms. The van der Waals surface area contributed by atoms with Gasteiger partial charge in [0.05, 0.1) is 6.20 Å². The number of imidazole rings is 1. The van der Waals surface area contributed by atoms with Crippen LogP contribution in [-0.4, -0.2) is 37.0 Å². The van der Waals surface area contributed by atoms with Gasteiger partial charge in [-0.15, -0.1) is 0 Å². The highest BCUT2D eigenvalue weighted by molar-refractivity contribution is 5.79. The summed E-state index contributed by atoms with van der Waals surface area (Å²) < 4.78 is 16.6. The van der Waals surface area contributed by atoms with Gasteiger partial charge in [-0.25, -0.2) is 19.2 Å². The Morgan fingerprint density at radius 3 is 2.53 bits per heavy atom. The van der Waals surface area contributed by atoms with Gasteiger partial charge in [0.25, 0.3) is 0 Å². The molecule has 7 nitrogen and oxygen atoms in total. The highest BCUT2D eigenvalue weighted by Crippen LogP contribution is 2.17. The number of amides is 1. The summed E-state index contributed by atoms with van der Waals surface area (Å²) >= 11 is 0. The zero-order valence-corrected chi connectivity index (χ0v) is 16.6. The van der Waals surface area contributed by atoms with Crippen LogP contribution in [0.1, 0.15) is 5.56 Å². The van der Waals surface area contributed by atoms with E-state index in [1.54, 1.807) is 38.5 Å². The number of nitrogens with zero attached hydrogens (tertiary/aromatic N) is 5. The van der Waals surface area contributed by atoms with Crippen molar-refractivity contribution in [3.63, 3.8) is 0 Å². The van der Waals surface area contributed by atoms with E-state index in [0.717, 1.165) is 5.56 Å². The quantitative estimate of drug-likeness (QED) is 0.512. The number of rotatable bonds is 5. The minimum Gasteiger partial charge on any atom is -0.340 e. The monoisotopic (exact) mass is 405 g/mol. The van der Waals surface area contributed by atoms with Crippen molar-refractivity contribution in [3.05, 3.63) is 82.7 Å². The molecule has 1 amide bonds. The number of hydrogen-bond donors (Lipinski definition) is 0. The highest BCUT2D eigenvalue weighted by Gasteiger charge is 2.19. The molecular weight excluding hydrogens is 385 g/mol. The van der Waals surface area contributed by atoms with E-state index >= 15 is 0 Å². The third-order valence-corrected chi connectivity index (χ3v) is 4.99. The van der Waals surface area contributed by atoms with Gasteiger partial charge in [0.1, 0.15) is 17.9 Å². The average molecular weight is 405 g/mol. The highest BCUT2D eigenvalue weighted by atomic mass is 19.1. The number of aryl methyl sites for hydroxylation is 1. The van der Waals surface area contributed by atoms with Gasteiger partial charge in [-0.3, -0.25) is 13.9 Å². The molecule has 4 aromatic rings. The molecule has 8 heteroatoms. The van der Waals surface area contributed by atoms with E-state index in [2.05, 4.69) is 9.97 Å². The number of likely N-dealkylation sites (N-methyl/N-ethyl adjacent to an activating group) is 1. The van der Waals surface area contributed by atoms with E-state index in [-0.39, 0.29) is 30.5 Å². The van der Waals surface area contributed by atoms with E-state index in [1.807, 2.05) is 30.3 Å². The van der Waals surface area contributed by atoms with Crippen molar-refractivity contribution < 1.29 is 9.18 Å². The Balaban J connectivity index is 1.62. The molecule has 2 heterocycles. The van der Waals surface area contributed by atoms with Crippen LogP contribution in [0.25, 0.3) is 22.6 Å². The summed E-state index contributed by atoms with van der Waals surface area (Å²) in [5, 5.41) is 0. The largest absolute Gasteiger partial charge is 0.340 e. The molecule has 30 heavy (non-hydrogen) atoms. The van der Waals surface area contributed by atoms with Crippen LogP contribution in [0.2, 0.25) is 0 Å². The predicted molar refractivity (Wildman–Crippen MR) is 111 cm³/mol. The Kier molecular flexibility index (Phi) is 5.14. The van der Waals surface area contributed by atoms with Gasteiger partial charge in [0.15, 0.2) is 11.5 Å². The molecule has 0 saturated heterocycles. The Hall–Kier alpha value is -3.81. The Bertz CT molecular complexity index is 1280. The summed E-state index contributed by atoms with van der Waals surface area (Å²) in [5.74, 6) is -0.194. The molecule has 0 unspecified atom stereocenters. The van der Waals surface area contributed by atoms with E-state index in [9.17, 15) is 14.0 Å². The van der Waals surface area contributed by atoms with Gasteiger partial charge >= 0.3 is 5.69 Å². The number of carbonyl (C=O) groups excluding carboxylic acids is 1. The maximum atomic E-state index is 13.9. The molecule has 0 spiro atoms. The van der Waals surface area contributed by atoms with Crippen molar-refractivity contribution in [2.24, 2.45) is 7.05 Å². The van der Waals surface area contributed by atoms with E-state index in [4.69, 9.17) is 0 Å². The van der Waals surface area contributed by atoms with Gasteiger partial charge in [0, 0.05) is 31.8 Å². The van der Waals surface area contributed by atoms with Crippen LogP contribution in [-0.2, 0) is 24.9 Å². The zero-order chi connectivity index (χ0) is 21.3. The van der Waals surface area contributed by atoms with Crippen molar-refractivity contribution in [1.82, 2.24) is 24.0 Å². The third-order valence-electron chi connectivity index (χ3n) is 4.99. The molecule has 2 aromatic carbocycles. The molecule has 152 valence electrons. The Morgan fingerprint density at radius 1 is 1.10 bits per heavy atom. The molecule has 4 rings (SSSR count). The number of hydrogen-bond acceptors (Lipinski definition) is 4. The van der Waals surface area contributed by atoms with Crippen molar-refractivity contribution in [2.45, 2.75) is 13.1 Å². The summed E-state index contributed by atoms with van der Waals surface area (Å²) in [7, 11) is 3.19. The van der Waals surface area contributed by atoms with Crippen LogP contribution in [0, 0.1) is 5.82 Å². The molecule has 0 N–H and O–H groups in total. The van der Waals surface area contributed by atoms with Gasteiger partial charge < -0.3 is 4.90 Å². The van der Waals surface area contributed by atoms with Crippen LogP contribution < -0.4 is 5.69 Å². The first-order valence-corrected chi connectivity index (χ1v) is 9.40. The zero-order valence-electron chi connectivity index (χ0n) is 16.6. The number of fused-ring (bicyclic) bond motifs is 1. The van der Waals surface area contributed by atoms with Crippen LogP contribution in [0.4, 0.5) is 4.39 Å². The van der Waals surface area contributed by atoms with Crippen LogP contribution in [0.3, 0.4) is 0 Å². The maximum Gasteiger partial charge on any atom is 0.330 e. The summed E-state index contributed by atoms with van der Waals surface area (Å²) in [6.07, 6.45) is 1.55. The molecular formula is C22H20FN5O2. The summed E-state index contributed by atoms with van der Waals surface area (Å²) in [6, 6.07) is 15.7. The third kappa shape index (κ3) is 3.59. The SMILES string of the molecule is CN(Cc1ccccc1F)C(=O)Cn1c(=O)n(C)c2nc(-c3ccccc3)ncc21. The first-order valence-electron chi connectivity index (χ1n) is 9.40. The molecule has 2 aromatic heterocycles. The molecule has 0 aliphatic heterocycles. The summed E-state index contributed by atoms with van der Waals surface area (Å²) in [4.78, 5) is 35.7. The van der Waals surface area contributed by atoms with Gasteiger partial charge in [-0.05, 0) is 6.07 Å². The fourth-order valence-corrected chi connectivity index (χ4v) is 3.28. The van der Waals surface area contributed by atoms with Crippen molar-refractivity contribution >= 4 is 17.1 Å². The first-order chi connectivity index (χ1) is 14.5. The van der Waals surface area contributed by atoms with E-state index < -0.39 is 0 Å². The van der Waals surface area contributed by atoms with Crippen LogP contribution >= 0.6 is 0 Å². The lowest BCUT2D eigenvalue weighted by Gasteiger charge is -2.18. The number of aromatic nitrogens is 4. The standard InChI is InChI=1S/C22H20FN5O2/c1-26(13-16-10-6-7-11-17(16)23)19(29)14-28-18-12-24-20(15-8-4-3-5-9-15)25-21(18)27(2)22(28)30/h3-12H,13-14H2,1-2H3. The average Bonchev–Trinajstić information content (AvgIpc) is 3.00. The van der Waals surface area contributed by atoms with Crippen molar-refractivity contribution in [2.75, 3.05) is 7.05 Å². The minimum atomic E-state index is -0.374. The lowest BCUT2D eigenvalue weighted by Crippen LogP contribution is -2.34. The Labute approximate surface area is 172 Å². The lowest BCUT2D eigenvalue weighted by atomic mass is 10.2. The second kappa shape index (κ2) is 7.90. The molecule has 0 saturated carbocycles. The molecule has 0 fully saturated rings. The van der Waals surface area contributed by atoms with Gasteiger partial charge in [-0.2, -0.15) is 0 Å². The van der Waals surface area contributed by atoms with Gasteiger partial charge in [0.2, 0.25) is 5.91 Å². The summed E-state index contributed by atoms with van der Waals surface area (Å²) in [5.41, 5.74) is 1.79. The van der Waals surface area contributed by atoms with Crippen molar-refractivity contribution in [3.8, 4) is 11.4 Å². The normalized spacial score (nSPS) is 11.0. The fourth-order valence-electron chi connectivity index (χ4n) is 3.28. The minimum absolute atomic E-state index is 0.111. The molecule has 0 radical (unpaired) electrons. The van der Waals surface area contributed by atoms with E-state index in [0.29, 0.717) is 22.6 Å². The van der Waals surface area contributed by atoms with Crippen molar-refractivity contribution in [1.29, 1.82) is 0 Å². The van der Waals surface area contributed by atoms with Crippen LogP contribution in [0.5, 0.6) is 0 Å². The summed E-state index contributed by atoms with van der Waals surface area (Å²) in [6.45, 7) is -0.0746. The first kappa shape index (κ1) is 19.5. The second-order valence-electron chi connectivity index (χ2n) is 7.04. The topological polar surface area (TPSA) is 73.0 Å².